The Hall–Kier alpha value is -1.21. The van der Waals surface area contributed by atoms with Gasteiger partial charge in [-0.15, -0.1) is 0 Å². The first-order chi connectivity index (χ1) is 6.74. The van der Waals surface area contributed by atoms with Crippen LogP contribution in [0.2, 0.25) is 5.02 Å². The quantitative estimate of drug-likeness (QED) is 0.707. The molecule has 0 radical (unpaired) electrons. The van der Waals surface area contributed by atoms with E-state index in [2.05, 4.69) is 6.92 Å². The number of hydrogen-bond donors (Lipinski definition) is 1. The minimum atomic E-state index is 0.761. The van der Waals surface area contributed by atoms with Crippen molar-refractivity contribution in [2.75, 3.05) is 5.73 Å². The standard InChI is InChI=1S/C12H12ClN/c1-2-8-6-7-9-10(12(8)14)4-3-5-11(9)13/h3-7H,2,14H2,1H3. The van der Waals surface area contributed by atoms with Gasteiger partial charge >= 0.3 is 0 Å². The molecule has 0 bridgehead atoms. The van der Waals surface area contributed by atoms with E-state index in [1.807, 2.05) is 30.3 Å². The van der Waals surface area contributed by atoms with Crippen LogP contribution >= 0.6 is 11.6 Å². The molecule has 14 heavy (non-hydrogen) atoms. The lowest BCUT2D eigenvalue weighted by Gasteiger charge is -2.08. The molecule has 2 N–H and O–H groups in total. The van der Waals surface area contributed by atoms with Crippen molar-refractivity contribution in [3.63, 3.8) is 0 Å². The predicted molar refractivity (Wildman–Crippen MR) is 62.7 cm³/mol. The number of halogens is 1. The van der Waals surface area contributed by atoms with E-state index >= 15 is 0 Å². The number of benzene rings is 2. The predicted octanol–water partition coefficient (Wildman–Crippen LogP) is 3.64. The molecule has 72 valence electrons. The molecule has 1 nitrogen and oxygen atoms in total. The highest BCUT2D eigenvalue weighted by Crippen LogP contribution is 2.29. The fraction of sp³-hybridized carbons (Fsp3) is 0.167. The van der Waals surface area contributed by atoms with Gasteiger partial charge in [0.1, 0.15) is 0 Å². The van der Waals surface area contributed by atoms with Crippen molar-refractivity contribution < 1.29 is 0 Å². The summed E-state index contributed by atoms with van der Waals surface area (Å²) in [6.45, 7) is 2.10. The number of nitrogens with two attached hydrogens (primary N) is 1. The lowest BCUT2D eigenvalue weighted by Crippen LogP contribution is -1.94. The summed E-state index contributed by atoms with van der Waals surface area (Å²) in [5.74, 6) is 0. The zero-order valence-electron chi connectivity index (χ0n) is 8.05. The largest absolute Gasteiger partial charge is 0.398 e. The van der Waals surface area contributed by atoms with Crippen LogP contribution in [0.4, 0.5) is 5.69 Å². The molecule has 0 heterocycles. The summed E-state index contributed by atoms with van der Waals surface area (Å²) < 4.78 is 0. The third-order valence-corrected chi connectivity index (χ3v) is 2.85. The number of aryl methyl sites for hydroxylation is 1. The SMILES string of the molecule is CCc1ccc2c(Cl)cccc2c1N. The Morgan fingerprint density at radius 3 is 2.64 bits per heavy atom. The summed E-state index contributed by atoms with van der Waals surface area (Å²) >= 11 is 6.07. The highest BCUT2D eigenvalue weighted by Gasteiger charge is 2.04. The highest BCUT2D eigenvalue weighted by molar-refractivity contribution is 6.35. The van der Waals surface area contributed by atoms with Crippen molar-refractivity contribution >= 4 is 28.1 Å². The Bertz CT molecular complexity index is 477. The van der Waals surface area contributed by atoms with Crippen molar-refractivity contribution in [2.24, 2.45) is 0 Å². The van der Waals surface area contributed by atoms with Crippen molar-refractivity contribution in [3.05, 3.63) is 40.9 Å². The summed E-state index contributed by atoms with van der Waals surface area (Å²) in [5, 5.41) is 2.84. The van der Waals surface area contributed by atoms with Crippen LogP contribution in [0.1, 0.15) is 12.5 Å². The fourth-order valence-electron chi connectivity index (χ4n) is 1.70. The second kappa shape index (κ2) is 3.50. The maximum Gasteiger partial charge on any atom is 0.0485 e. The molecule has 0 spiro atoms. The number of rotatable bonds is 1. The molecule has 0 unspecified atom stereocenters. The molecule has 2 heteroatoms. The van der Waals surface area contributed by atoms with Crippen LogP contribution in [0, 0.1) is 0 Å². The number of hydrogen-bond acceptors (Lipinski definition) is 1. The number of nitrogen functional groups attached to an aromatic ring is 1. The molecule has 0 saturated heterocycles. The van der Waals surface area contributed by atoms with E-state index in [1.54, 1.807) is 0 Å². The molecule has 0 aliphatic heterocycles. The second-order valence-electron chi connectivity index (χ2n) is 3.33. The topological polar surface area (TPSA) is 26.0 Å². The van der Waals surface area contributed by atoms with Gasteiger partial charge in [0.15, 0.2) is 0 Å². The van der Waals surface area contributed by atoms with Crippen LogP contribution in [0.15, 0.2) is 30.3 Å². The van der Waals surface area contributed by atoms with Gasteiger partial charge in [-0.2, -0.15) is 0 Å². The summed E-state index contributed by atoms with van der Waals surface area (Å²) in [6.07, 6.45) is 0.953. The first kappa shape index (κ1) is 9.35. The highest BCUT2D eigenvalue weighted by atomic mass is 35.5. The minimum Gasteiger partial charge on any atom is -0.398 e. The Kier molecular flexibility index (Phi) is 2.34. The van der Waals surface area contributed by atoms with Gasteiger partial charge in [0.25, 0.3) is 0 Å². The third kappa shape index (κ3) is 1.34. The van der Waals surface area contributed by atoms with E-state index in [0.29, 0.717) is 0 Å². The van der Waals surface area contributed by atoms with Crippen molar-refractivity contribution in [3.8, 4) is 0 Å². The van der Waals surface area contributed by atoms with Crippen molar-refractivity contribution in [1.82, 2.24) is 0 Å². The summed E-state index contributed by atoms with van der Waals surface area (Å²) in [5.41, 5.74) is 8.07. The second-order valence-corrected chi connectivity index (χ2v) is 3.73. The van der Waals surface area contributed by atoms with Gasteiger partial charge in [-0.25, -0.2) is 0 Å². The zero-order chi connectivity index (χ0) is 10.1. The summed E-state index contributed by atoms with van der Waals surface area (Å²) in [7, 11) is 0. The van der Waals surface area contributed by atoms with Crippen LogP contribution in [0.25, 0.3) is 10.8 Å². The van der Waals surface area contributed by atoms with E-state index < -0.39 is 0 Å². The maximum atomic E-state index is 6.07. The molecule has 0 amide bonds. The molecule has 0 saturated carbocycles. The summed E-state index contributed by atoms with van der Waals surface area (Å²) in [6, 6.07) is 9.90. The van der Waals surface area contributed by atoms with Crippen molar-refractivity contribution in [1.29, 1.82) is 0 Å². The van der Waals surface area contributed by atoms with Gasteiger partial charge in [-0.1, -0.05) is 42.8 Å². The molecule has 2 rings (SSSR count). The Balaban J connectivity index is 2.84. The van der Waals surface area contributed by atoms with Crippen LogP contribution in [0.5, 0.6) is 0 Å². The molecule has 0 aliphatic carbocycles. The normalized spacial score (nSPS) is 10.7. The van der Waals surface area contributed by atoms with Crippen LogP contribution in [-0.2, 0) is 6.42 Å². The number of anilines is 1. The first-order valence-corrected chi connectivity index (χ1v) is 5.07. The molecule has 0 fully saturated rings. The van der Waals surface area contributed by atoms with E-state index in [1.165, 1.54) is 5.56 Å². The lowest BCUT2D eigenvalue weighted by molar-refractivity contribution is 1.15. The Labute approximate surface area is 88.5 Å². The molecular weight excluding hydrogens is 194 g/mol. The van der Waals surface area contributed by atoms with Crippen LogP contribution < -0.4 is 5.73 Å². The van der Waals surface area contributed by atoms with Gasteiger partial charge in [0.05, 0.1) is 0 Å². The third-order valence-electron chi connectivity index (χ3n) is 2.52. The van der Waals surface area contributed by atoms with Crippen LogP contribution in [0.3, 0.4) is 0 Å². The zero-order valence-corrected chi connectivity index (χ0v) is 8.81. The molecular formula is C12H12ClN. The monoisotopic (exact) mass is 205 g/mol. The maximum absolute atomic E-state index is 6.07. The van der Waals surface area contributed by atoms with Gasteiger partial charge in [0, 0.05) is 21.5 Å². The average molecular weight is 206 g/mol. The van der Waals surface area contributed by atoms with E-state index in [0.717, 1.165) is 27.9 Å². The molecule has 2 aromatic carbocycles. The van der Waals surface area contributed by atoms with E-state index in [-0.39, 0.29) is 0 Å². The van der Waals surface area contributed by atoms with Gasteiger partial charge in [0.2, 0.25) is 0 Å². The van der Waals surface area contributed by atoms with Gasteiger partial charge < -0.3 is 5.73 Å². The lowest BCUT2D eigenvalue weighted by atomic mass is 10.0. The van der Waals surface area contributed by atoms with Crippen molar-refractivity contribution in [2.45, 2.75) is 13.3 Å². The molecule has 2 aromatic rings. The Morgan fingerprint density at radius 2 is 1.93 bits per heavy atom. The van der Waals surface area contributed by atoms with E-state index in [9.17, 15) is 0 Å². The minimum absolute atomic E-state index is 0.761. The molecule has 0 aliphatic rings. The Morgan fingerprint density at radius 1 is 1.14 bits per heavy atom. The average Bonchev–Trinajstić information content (AvgIpc) is 2.20. The molecule has 0 atom stereocenters. The number of fused-ring (bicyclic) bond motifs is 1. The van der Waals surface area contributed by atoms with Crippen LogP contribution in [-0.4, -0.2) is 0 Å². The fourth-order valence-corrected chi connectivity index (χ4v) is 1.93. The van der Waals surface area contributed by atoms with Gasteiger partial charge in [-0.3, -0.25) is 0 Å². The smallest absolute Gasteiger partial charge is 0.0485 e. The van der Waals surface area contributed by atoms with E-state index in [4.69, 9.17) is 17.3 Å². The first-order valence-electron chi connectivity index (χ1n) is 4.69. The molecule has 0 aromatic heterocycles. The summed E-state index contributed by atoms with van der Waals surface area (Å²) in [4.78, 5) is 0. The van der Waals surface area contributed by atoms with Gasteiger partial charge in [-0.05, 0) is 18.1 Å².